The molecule has 0 amide bonds. The highest BCUT2D eigenvalue weighted by molar-refractivity contribution is 7.92. The standard InChI is InChI=1S/C15H22N4O5SSi/c1-26(2,3)11-10-24-12-18-15(8-9-16-18)17-25(22,23)14-6-4-13(5-7-14)19(20)21/h4-9,17H,10-12H2,1-3H3. The van der Waals surface area contributed by atoms with Crippen LogP contribution in [-0.2, 0) is 21.5 Å². The molecule has 1 aromatic carbocycles. The third-order valence-electron chi connectivity index (χ3n) is 3.52. The molecule has 0 fully saturated rings. The summed E-state index contributed by atoms with van der Waals surface area (Å²) < 4.78 is 34.3. The maximum atomic E-state index is 12.4. The second-order valence-electron chi connectivity index (χ2n) is 6.92. The van der Waals surface area contributed by atoms with Crippen molar-refractivity contribution in [2.45, 2.75) is 37.3 Å². The fourth-order valence-corrected chi connectivity index (χ4v) is 3.81. The first-order valence-electron chi connectivity index (χ1n) is 7.95. The number of rotatable bonds is 9. The van der Waals surface area contributed by atoms with E-state index in [-0.39, 0.29) is 23.1 Å². The van der Waals surface area contributed by atoms with Crippen molar-refractivity contribution in [1.29, 1.82) is 0 Å². The van der Waals surface area contributed by atoms with Crippen LogP contribution in [0.2, 0.25) is 25.7 Å². The minimum Gasteiger partial charge on any atom is -0.359 e. The number of benzene rings is 1. The van der Waals surface area contributed by atoms with Gasteiger partial charge in [0.2, 0.25) is 0 Å². The Hall–Kier alpha value is -2.24. The molecule has 142 valence electrons. The Labute approximate surface area is 153 Å². The third-order valence-corrected chi connectivity index (χ3v) is 6.60. The predicted octanol–water partition coefficient (Wildman–Crippen LogP) is 2.90. The number of nitrogens with zero attached hydrogens (tertiary/aromatic N) is 3. The van der Waals surface area contributed by atoms with Crippen LogP contribution in [0.3, 0.4) is 0 Å². The average molecular weight is 399 g/mol. The summed E-state index contributed by atoms with van der Waals surface area (Å²) >= 11 is 0. The molecule has 1 N–H and O–H groups in total. The van der Waals surface area contributed by atoms with E-state index in [1.807, 2.05) is 0 Å². The molecule has 2 rings (SSSR count). The minimum absolute atomic E-state index is 0.0736. The lowest BCUT2D eigenvalue weighted by molar-refractivity contribution is -0.384. The van der Waals surface area contributed by atoms with E-state index in [4.69, 9.17) is 4.74 Å². The number of sulfonamides is 1. The molecule has 0 aliphatic heterocycles. The van der Waals surface area contributed by atoms with Crippen LogP contribution < -0.4 is 4.72 Å². The highest BCUT2D eigenvalue weighted by Gasteiger charge is 2.18. The first kappa shape index (κ1) is 20.1. The van der Waals surface area contributed by atoms with E-state index in [1.54, 1.807) is 0 Å². The Kier molecular flexibility index (Phi) is 6.16. The summed E-state index contributed by atoms with van der Waals surface area (Å²) in [5.41, 5.74) is -0.176. The second kappa shape index (κ2) is 7.97. The van der Waals surface area contributed by atoms with Crippen molar-refractivity contribution >= 4 is 29.6 Å². The van der Waals surface area contributed by atoms with Gasteiger partial charge in [0.15, 0.2) is 0 Å². The third kappa shape index (κ3) is 5.64. The largest absolute Gasteiger partial charge is 0.359 e. The molecule has 26 heavy (non-hydrogen) atoms. The molecular weight excluding hydrogens is 376 g/mol. The van der Waals surface area contributed by atoms with Gasteiger partial charge in [-0.3, -0.25) is 14.8 Å². The summed E-state index contributed by atoms with van der Waals surface area (Å²) in [7, 11) is -5.09. The van der Waals surface area contributed by atoms with Crippen molar-refractivity contribution in [2.75, 3.05) is 11.3 Å². The number of ether oxygens (including phenoxy) is 1. The molecule has 0 saturated heterocycles. The van der Waals surface area contributed by atoms with Crippen LogP contribution in [0.4, 0.5) is 11.5 Å². The van der Waals surface area contributed by atoms with Gasteiger partial charge in [-0.1, -0.05) is 19.6 Å². The first-order chi connectivity index (χ1) is 12.1. The number of hydrogen-bond donors (Lipinski definition) is 1. The Morgan fingerprint density at radius 2 is 1.88 bits per heavy atom. The van der Waals surface area contributed by atoms with Gasteiger partial charge in [0, 0.05) is 32.9 Å². The van der Waals surface area contributed by atoms with Crippen molar-refractivity contribution in [2.24, 2.45) is 0 Å². The lowest BCUT2D eigenvalue weighted by Gasteiger charge is -2.16. The summed E-state index contributed by atoms with van der Waals surface area (Å²) in [6, 6.07) is 7.18. The van der Waals surface area contributed by atoms with Crippen LogP contribution in [-0.4, -0.2) is 37.8 Å². The Morgan fingerprint density at radius 3 is 2.46 bits per heavy atom. The van der Waals surface area contributed by atoms with E-state index in [0.29, 0.717) is 6.61 Å². The summed E-state index contributed by atoms with van der Waals surface area (Å²) in [6.07, 6.45) is 1.47. The fourth-order valence-electron chi connectivity index (χ4n) is 2.00. The van der Waals surface area contributed by atoms with E-state index in [9.17, 15) is 18.5 Å². The number of non-ortho nitro benzene ring substituents is 1. The van der Waals surface area contributed by atoms with Crippen molar-refractivity contribution in [3.05, 3.63) is 46.6 Å². The van der Waals surface area contributed by atoms with Gasteiger partial charge in [0.05, 0.1) is 16.0 Å². The maximum absolute atomic E-state index is 12.4. The summed E-state index contributed by atoms with van der Waals surface area (Å²) in [5, 5.41) is 14.7. The van der Waals surface area contributed by atoms with Crippen LogP contribution in [0, 0.1) is 10.1 Å². The van der Waals surface area contributed by atoms with Crippen molar-refractivity contribution in [3.8, 4) is 0 Å². The molecule has 1 heterocycles. The van der Waals surface area contributed by atoms with Crippen molar-refractivity contribution in [1.82, 2.24) is 9.78 Å². The van der Waals surface area contributed by atoms with E-state index in [1.165, 1.54) is 29.1 Å². The van der Waals surface area contributed by atoms with Gasteiger partial charge in [-0.15, -0.1) is 0 Å². The quantitative estimate of drug-likeness (QED) is 0.300. The van der Waals surface area contributed by atoms with E-state index in [2.05, 4.69) is 29.5 Å². The van der Waals surface area contributed by atoms with Gasteiger partial charge in [0.1, 0.15) is 12.5 Å². The second-order valence-corrected chi connectivity index (χ2v) is 14.2. The molecule has 0 radical (unpaired) electrons. The lowest BCUT2D eigenvalue weighted by Crippen LogP contribution is -2.22. The van der Waals surface area contributed by atoms with Gasteiger partial charge in [-0.05, 0) is 18.2 Å². The van der Waals surface area contributed by atoms with Gasteiger partial charge in [0.25, 0.3) is 15.7 Å². The number of nitro groups is 1. The SMILES string of the molecule is C[Si](C)(C)CCOCn1nccc1NS(=O)(=O)c1ccc([N+](=O)[O-])cc1. The zero-order valence-electron chi connectivity index (χ0n) is 14.9. The number of anilines is 1. The predicted molar refractivity (Wildman–Crippen MR) is 100 cm³/mol. The Morgan fingerprint density at radius 1 is 1.23 bits per heavy atom. The van der Waals surface area contributed by atoms with E-state index in [0.717, 1.165) is 18.2 Å². The van der Waals surface area contributed by atoms with Crippen LogP contribution in [0.25, 0.3) is 0 Å². The van der Waals surface area contributed by atoms with E-state index < -0.39 is 23.0 Å². The molecule has 0 atom stereocenters. The molecule has 9 nitrogen and oxygen atoms in total. The molecule has 0 unspecified atom stereocenters. The normalized spacial score (nSPS) is 12.1. The average Bonchev–Trinajstić information content (AvgIpc) is 2.97. The molecule has 0 saturated carbocycles. The van der Waals surface area contributed by atoms with Crippen LogP contribution in [0.1, 0.15) is 0 Å². The Balaban J connectivity index is 2.04. The fraction of sp³-hybridized carbons (Fsp3) is 0.400. The highest BCUT2D eigenvalue weighted by Crippen LogP contribution is 2.19. The van der Waals surface area contributed by atoms with Gasteiger partial charge in [-0.2, -0.15) is 5.10 Å². The smallest absolute Gasteiger partial charge is 0.269 e. The molecule has 0 bridgehead atoms. The summed E-state index contributed by atoms with van der Waals surface area (Å²) in [5.74, 6) is 0.261. The Bertz CT molecular complexity index is 859. The molecule has 0 aliphatic carbocycles. The summed E-state index contributed by atoms with van der Waals surface area (Å²) in [4.78, 5) is 10.0. The lowest BCUT2D eigenvalue weighted by atomic mass is 10.3. The minimum atomic E-state index is -3.88. The molecule has 2 aromatic rings. The first-order valence-corrected chi connectivity index (χ1v) is 13.1. The van der Waals surface area contributed by atoms with Gasteiger partial charge in [-0.25, -0.2) is 13.1 Å². The van der Waals surface area contributed by atoms with Crippen molar-refractivity contribution in [3.63, 3.8) is 0 Å². The zero-order chi connectivity index (χ0) is 19.4. The highest BCUT2D eigenvalue weighted by atomic mass is 32.2. The van der Waals surface area contributed by atoms with Gasteiger partial charge < -0.3 is 4.74 Å². The number of aromatic nitrogens is 2. The van der Waals surface area contributed by atoms with Crippen LogP contribution in [0.5, 0.6) is 0 Å². The number of hydrogen-bond acceptors (Lipinski definition) is 6. The number of nitro benzene ring substituents is 1. The topological polar surface area (TPSA) is 116 Å². The zero-order valence-corrected chi connectivity index (χ0v) is 16.7. The van der Waals surface area contributed by atoms with Crippen molar-refractivity contribution < 1.29 is 18.1 Å². The van der Waals surface area contributed by atoms with E-state index >= 15 is 0 Å². The molecular formula is C15H22N4O5SSi. The van der Waals surface area contributed by atoms with Crippen LogP contribution in [0.15, 0.2) is 41.4 Å². The summed E-state index contributed by atoms with van der Waals surface area (Å²) in [6.45, 7) is 7.45. The van der Waals surface area contributed by atoms with Crippen LogP contribution >= 0.6 is 0 Å². The molecule has 1 aromatic heterocycles. The molecule has 0 spiro atoms. The molecule has 0 aliphatic rings. The maximum Gasteiger partial charge on any atom is 0.269 e. The monoisotopic (exact) mass is 398 g/mol. The van der Waals surface area contributed by atoms with Gasteiger partial charge >= 0.3 is 0 Å². The molecule has 11 heteroatoms. The number of nitrogens with one attached hydrogen (secondary N) is 1.